The van der Waals surface area contributed by atoms with Crippen LogP contribution in [0.1, 0.15) is 16.1 Å². The Hall–Kier alpha value is -2.57. The molecular weight excluding hydrogens is 437 g/mol. The number of aromatic nitrogens is 2. The molecule has 2 atom stereocenters. The normalized spacial score (nSPS) is 21.6. The van der Waals surface area contributed by atoms with Gasteiger partial charge in [-0.05, 0) is 28.5 Å². The zero-order valence-electron chi connectivity index (χ0n) is 16.4. The number of alkyl halides is 3. The average molecular weight is 458 g/mol. The molecule has 1 N–H and O–H groups in total. The molecule has 8 nitrogen and oxygen atoms in total. The van der Waals surface area contributed by atoms with Gasteiger partial charge in [-0.25, -0.2) is 14.8 Å². The summed E-state index contributed by atoms with van der Waals surface area (Å²) in [6, 6.07) is 3.84. The predicted molar refractivity (Wildman–Crippen MR) is 104 cm³/mol. The van der Waals surface area contributed by atoms with E-state index in [0.29, 0.717) is 18.2 Å². The van der Waals surface area contributed by atoms with Gasteiger partial charge in [-0.1, -0.05) is 0 Å². The van der Waals surface area contributed by atoms with E-state index in [2.05, 4.69) is 31.7 Å². The molecule has 0 aromatic carbocycles. The number of likely N-dealkylation sites (tertiary alicyclic amines) is 1. The number of nitrogens with zero attached hydrogens (tertiary/aromatic N) is 4. The number of halogens is 3. The number of amides is 1. The van der Waals surface area contributed by atoms with Crippen molar-refractivity contribution in [3.8, 4) is 0 Å². The molecule has 2 aromatic heterocycles. The minimum absolute atomic E-state index is 0.0292. The third-order valence-electron chi connectivity index (χ3n) is 4.93. The van der Waals surface area contributed by atoms with E-state index >= 15 is 0 Å². The molecule has 2 fully saturated rings. The van der Waals surface area contributed by atoms with Crippen LogP contribution in [0.4, 0.5) is 13.2 Å². The molecule has 0 aliphatic carbocycles. The quantitative estimate of drug-likeness (QED) is 0.753. The van der Waals surface area contributed by atoms with Gasteiger partial charge in [0.2, 0.25) is 0 Å². The second kappa shape index (κ2) is 10.2. The van der Waals surface area contributed by atoms with Gasteiger partial charge in [-0.2, -0.15) is 24.5 Å². The number of rotatable bonds is 3. The molecular formula is C19H21F3N4O4S. The molecule has 0 saturated carbocycles. The van der Waals surface area contributed by atoms with Crippen molar-refractivity contribution in [1.82, 2.24) is 19.8 Å². The number of carboxylic acids is 1. The van der Waals surface area contributed by atoms with Crippen molar-refractivity contribution >= 4 is 23.2 Å². The Labute approximate surface area is 180 Å². The molecule has 4 heterocycles. The zero-order valence-corrected chi connectivity index (χ0v) is 17.2. The van der Waals surface area contributed by atoms with Crippen molar-refractivity contribution in [2.75, 3.05) is 32.8 Å². The van der Waals surface area contributed by atoms with E-state index in [-0.39, 0.29) is 12.0 Å². The third kappa shape index (κ3) is 6.45. The maximum atomic E-state index is 12.6. The lowest BCUT2D eigenvalue weighted by atomic mass is 10.1. The van der Waals surface area contributed by atoms with Gasteiger partial charge in [-0.15, -0.1) is 0 Å². The van der Waals surface area contributed by atoms with Crippen LogP contribution >= 0.6 is 11.3 Å². The molecule has 2 aliphatic rings. The highest BCUT2D eigenvalue weighted by atomic mass is 32.1. The second-order valence-electron chi connectivity index (χ2n) is 7.14. The van der Waals surface area contributed by atoms with Crippen molar-refractivity contribution < 1.29 is 32.6 Å². The summed E-state index contributed by atoms with van der Waals surface area (Å²) in [6.07, 6.45) is -1.93. The van der Waals surface area contributed by atoms with Crippen LogP contribution in [-0.2, 0) is 16.1 Å². The Kier molecular flexibility index (Phi) is 7.57. The van der Waals surface area contributed by atoms with E-state index in [1.54, 1.807) is 23.6 Å². The van der Waals surface area contributed by atoms with E-state index in [0.717, 1.165) is 32.8 Å². The summed E-state index contributed by atoms with van der Waals surface area (Å²) in [6.45, 7) is 4.97. The Bertz CT molecular complexity index is 867. The first-order chi connectivity index (χ1) is 14.7. The molecule has 4 rings (SSSR count). The minimum Gasteiger partial charge on any atom is -0.475 e. The molecule has 2 aliphatic heterocycles. The van der Waals surface area contributed by atoms with Gasteiger partial charge in [0.15, 0.2) is 0 Å². The van der Waals surface area contributed by atoms with Gasteiger partial charge in [0.25, 0.3) is 5.91 Å². The van der Waals surface area contributed by atoms with E-state index in [1.165, 1.54) is 11.9 Å². The average Bonchev–Trinajstić information content (AvgIpc) is 3.34. The highest BCUT2D eigenvalue weighted by Gasteiger charge is 2.39. The fourth-order valence-corrected chi connectivity index (χ4v) is 4.15. The lowest BCUT2D eigenvalue weighted by molar-refractivity contribution is -0.192. The predicted octanol–water partition coefficient (Wildman–Crippen LogP) is 2.14. The summed E-state index contributed by atoms with van der Waals surface area (Å²) in [7, 11) is 0. The Morgan fingerprint density at radius 2 is 2.03 bits per heavy atom. The highest BCUT2D eigenvalue weighted by molar-refractivity contribution is 7.07. The molecule has 0 unspecified atom stereocenters. The number of ether oxygens (including phenoxy) is 1. The molecule has 0 spiro atoms. The molecule has 0 bridgehead atoms. The molecule has 1 amide bonds. The fourth-order valence-electron chi connectivity index (χ4n) is 3.49. The van der Waals surface area contributed by atoms with Crippen LogP contribution in [0.25, 0.3) is 0 Å². The first-order valence-electron chi connectivity index (χ1n) is 9.44. The summed E-state index contributed by atoms with van der Waals surface area (Å²) >= 11 is 1.73. The van der Waals surface area contributed by atoms with E-state index in [9.17, 15) is 18.0 Å². The van der Waals surface area contributed by atoms with E-state index in [4.69, 9.17) is 14.6 Å². The van der Waals surface area contributed by atoms with Gasteiger partial charge < -0.3 is 14.7 Å². The van der Waals surface area contributed by atoms with Gasteiger partial charge >= 0.3 is 12.1 Å². The number of carbonyl (C=O) groups excluding carboxylic acids is 1. The topological polar surface area (TPSA) is 95.9 Å². The second-order valence-corrected chi connectivity index (χ2v) is 7.92. The molecule has 2 saturated heterocycles. The Balaban J connectivity index is 0.000000339. The standard InChI is InChI=1S/C17H20N4O2S.C2HF3O2/c22-17(15-1-3-18-12-19-15)21-9-14-8-20(4-5-23-16(14)10-21)7-13-2-6-24-11-13;3-2(4,5)1(6)7/h1-3,6,11-12,14,16H,4-5,7-10H2;(H,6,7)/t14-,16+;/m0./s1. The number of fused-ring (bicyclic) bond motifs is 1. The van der Waals surface area contributed by atoms with Gasteiger partial charge in [-0.3, -0.25) is 9.69 Å². The van der Waals surface area contributed by atoms with Gasteiger partial charge in [0.1, 0.15) is 12.0 Å². The maximum Gasteiger partial charge on any atom is 0.490 e. The van der Waals surface area contributed by atoms with Crippen LogP contribution in [0.3, 0.4) is 0 Å². The van der Waals surface area contributed by atoms with Gasteiger partial charge in [0, 0.05) is 44.8 Å². The van der Waals surface area contributed by atoms with Crippen LogP contribution in [0.2, 0.25) is 0 Å². The van der Waals surface area contributed by atoms with E-state index in [1.807, 2.05) is 4.90 Å². The largest absolute Gasteiger partial charge is 0.490 e. The summed E-state index contributed by atoms with van der Waals surface area (Å²) in [5, 5.41) is 11.4. The highest BCUT2D eigenvalue weighted by Crippen LogP contribution is 2.25. The van der Waals surface area contributed by atoms with Crippen LogP contribution in [-0.4, -0.2) is 81.8 Å². The number of carbonyl (C=O) groups is 2. The summed E-state index contributed by atoms with van der Waals surface area (Å²) < 4.78 is 37.8. The van der Waals surface area contributed by atoms with E-state index < -0.39 is 12.1 Å². The van der Waals surface area contributed by atoms with Crippen molar-refractivity contribution in [2.24, 2.45) is 5.92 Å². The monoisotopic (exact) mass is 458 g/mol. The fraction of sp³-hybridized carbons (Fsp3) is 0.474. The molecule has 0 radical (unpaired) electrons. The summed E-state index contributed by atoms with van der Waals surface area (Å²) in [4.78, 5) is 33.7. The third-order valence-corrected chi connectivity index (χ3v) is 5.66. The van der Waals surface area contributed by atoms with Crippen molar-refractivity contribution in [3.05, 3.63) is 46.7 Å². The van der Waals surface area contributed by atoms with Crippen LogP contribution in [0.5, 0.6) is 0 Å². The first kappa shape index (κ1) is 23.1. The van der Waals surface area contributed by atoms with Crippen molar-refractivity contribution in [2.45, 2.75) is 18.8 Å². The maximum absolute atomic E-state index is 12.6. The lowest BCUT2D eigenvalue weighted by Crippen LogP contribution is -2.34. The number of aliphatic carboxylic acids is 1. The number of thiophene rings is 1. The van der Waals surface area contributed by atoms with Crippen molar-refractivity contribution in [3.63, 3.8) is 0 Å². The molecule has 12 heteroatoms. The first-order valence-corrected chi connectivity index (χ1v) is 10.4. The number of carboxylic acid groups (broad SMARTS) is 1. The smallest absolute Gasteiger partial charge is 0.475 e. The van der Waals surface area contributed by atoms with Gasteiger partial charge in [0.05, 0.1) is 12.7 Å². The molecule has 2 aromatic rings. The van der Waals surface area contributed by atoms with Crippen molar-refractivity contribution in [1.29, 1.82) is 0 Å². The minimum atomic E-state index is -5.08. The number of hydrogen-bond donors (Lipinski definition) is 1. The SMILES string of the molecule is O=C(O)C(F)(F)F.O=C(c1ccncn1)N1C[C@@H]2CN(Cc3ccsc3)CCO[C@@H]2C1. The Morgan fingerprint density at radius 3 is 2.65 bits per heavy atom. The summed E-state index contributed by atoms with van der Waals surface area (Å²) in [5.41, 5.74) is 1.81. The lowest BCUT2D eigenvalue weighted by Gasteiger charge is -2.23. The summed E-state index contributed by atoms with van der Waals surface area (Å²) in [5.74, 6) is -2.43. The molecule has 31 heavy (non-hydrogen) atoms. The van der Waals surface area contributed by atoms with Crippen LogP contribution < -0.4 is 0 Å². The molecule has 168 valence electrons. The Morgan fingerprint density at radius 1 is 1.26 bits per heavy atom. The number of hydrogen-bond acceptors (Lipinski definition) is 7. The van der Waals surface area contributed by atoms with Crippen LogP contribution in [0, 0.1) is 5.92 Å². The van der Waals surface area contributed by atoms with Crippen LogP contribution in [0.15, 0.2) is 35.4 Å². The zero-order chi connectivity index (χ0) is 22.4.